The van der Waals surface area contributed by atoms with Gasteiger partial charge in [-0.1, -0.05) is 41.5 Å². The molecule has 2 unspecified atom stereocenters. The molecule has 2 atom stereocenters. The molecule has 0 saturated heterocycles. The molecule has 27 heavy (non-hydrogen) atoms. The molecular weight excluding hydrogens is 388 g/mol. The number of methoxy groups -OCH3 is 2. The van der Waals surface area contributed by atoms with Crippen molar-refractivity contribution in [1.82, 2.24) is 0 Å². The first kappa shape index (κ1) is 24.4. The molecular formula is C17H26F8O2. The molecule has 1 fully saturated rings. The Labute approximate surface area is 153 Å². The molecule has 0 aromatic heterocycles. The van der Waals surface area contributed by atoms with Gasteiger partial charge in [-0.05, 0) is 5.92 Å². The lowest BCUT2D eigenvalue weighted by atomic mass is 9.59. The van der Waals surface area contributed by atoms with E-state index in [9.17, 15) is 8.78 Å². The first-order chi connectivity index (χ1) is 11.8. The highest BCUT2D eigenvalue weighted by atomic mass is 19.3. The molecule has 1 aliphatic rings. The van der Waals surface area contributed by atoms with E-state index in [1.807, 2.05) is 0 Å². The second kappa shape index (κ2) is 6.18. The van der Waals surface area contributed by atoms with Gasteiger partial charge in [0.25, 0.3) is 11.6 Å². The second-order valence-electron chi connectivity index (χ2n) is 8.14. The number of hydrogen-bond donors (Lipinski definition) is 0. The summed E-state index contributed by atoms with van der Waals surface area (Å²) in [6.07, 6.45) is 0. The van der Waals surface area contributed by atoms with Crippen LogP contribution in [-0.2, 0) is 9.47 Å². The Morgan fingerprint density at radius 1 is 0.667 bits per heavy atom. The van der Waals surface area contributed by atoms with Gasteiger partial charge in [0.05, 0.1) is 0 Å². The Morgan fingerprint density at radius 3 is 1.26 bits per heavy atom. The standard InChI is InChI=1S/C17H26F8O2/c1-9(2)11(5,6)13(20)14(21,12(18,19)10(3)4)16(24,25)17(26-7,27-8)15(13,22)23/h9-10H,1-8H3. The summed E-state index contributed by atoms with van der Waals surface area (Å²) in [5.74, 6) is -24.5. The van der Waals surface area contributed by atoms with Gasteiger partial charge in [-0.15, -0.1) is 0 Å². The lowest BCUT2D eigenvalue weighted by molar-refractivity contribution is -0.392. The summed E-state index contributed by atoms with van der Waals surface area (Å²) in [5.41, 5.74) is -13.4. The van der Waals surface area contributed by atoms with Crippen LogP contribution in [0.2, 0.25) is 0 Å². The zero-order valence-electron chi connectivity index (χ0n) is 16.5. The van der Waals surface area contributed by atoms with E-state index >= 15 is 26.3 Å². The molecule has 1 saturated carbocycles. The van der Waals surface area contributed by atoms with Gasteiger partial charge >= 0.3 is 17.6 Å². The third-order valence-corrected chi connectivity index (χ3v) is 6.26. The summed E-state index contributed by atoms with van der Waals surface area (Å²) < 4.78 is 131. The maximum atomic E-state index is 16.1. The molecule has 0 amide bonds. The summed E-state index contributed by atoms with van der Waals surface area (Å²) in [6.45, 7) is 4.96. The summed E-state index contributed by atoms with van der Waals surface area (Å²) in [7, 11) is 0.598. The Bertz CT molecular complexity index is 525. The zero-order chi connectivity index (χ0) is 22.1. The van der Waals surface area contributed by atoms with Crippen LogP contribution in [0, 0.1) is 17.3 Å². The summed E-state index contributed by atoms with van der Waals surface area (Å²) in [4.78, 5) is 0. The number of ether oxygens (including phenoxy) is 2. The van der Waals surface area contributed by atoms with Gasteiger partial charge in [0.15, 0.2) is 0 Å². The third kappa shape index (κ3) is 2.14. The molecule has 0 bridgehead atoms. The Hall–Kier alpha value is -0.640. The Kier molecular flexibility index (Phi) is 5.58. The maximum absolute atomic E-state index is 16.1. The lowest BCUT2D eigenvalue weighted by Gasteiger charge is -2.51. The number of hydrogen-bond acceptors (Lipinski definition) is 2. The molecule has 10 heteroatoms. The van der Waals surface area contributed by atoms with Crippen molar-refractivity contribution >= 4 is 0 Å². The third-order valence-electron chi connectivity index (χ3n) is 6.26. The van der Waals surface area contributed by atoms with Gasteiger partial charge in [-0.3, -0.25) is 0 Å². The average molecular weight is 414 g/mol. The van der Waals surface area contributed by atoms with Crippen LogP contribution >= 0.6 is 0 Å². The van der Waals surface area contributed by atoms with Crippen molar-refractivity contribution in [3.05, 3.63) is 0 Å². The molecule has 1 aliphatic carbocycles. The number of rotatable bonds is 6. The predicted molar refractivity (Wildman–Crippen MR) is 82.7 cm³/mol. The van der Waals surface area contributed by atoms with E-state index in [1.54, 1.807) is 0 Å². The molecule has 0 spiro atoms. The normalized spacial score (nSPS) is 33.1. The molecule has 162 valence electrons. The summed E-state index contributed by atoms with van der Waals surface area (Å²) >= 11 is 0. The summed E-state index contributed by atoms with van der Waals surface area (Å²) in [5, 5.41) is 0. The van der Waals surface area contributed by atoms with Crippen LogP contribution in [0.15, 0.2) is 0 Å². The molecule has 0 heterocycles. The molecule has 0 N–H and O–H groups in total. The minimum Gasteiger partial charge on any atom is -0.343 e. The van der Waals surface area contributed by atoms with E-state index < -0.39 is 52.1 Å². The molecule has 0 aromatic rings. The molecule has 2 nitrogen and oxygen atoms in total. The van der Waals surface area contributed by atoms with E-state index in [2.05, 4.69) is 9.47 Å². The smallest absolute Gasteiger partial charge is 0.343 e. The van der Waals surface area contributed by atoms with Crippen LogP contribution in [0.25, 0.3) is 0 Å². The minimum absolute atomic E-state index is 0.299. The van der Waals surface area contributed by atoms with Gasteiger partial charge in [0.1, 0.15) is 0 Å². The highest BCUT2D eigenvalue weighted by Crippen LogP contribution is 2.76. The van der Waals surface area contributed by atoms with Gasteiger partial charge in [0.2, 0.25) is 5.67 Å². The Morgan fingerprint density at radius 2 is 1.00 bits per heavy atom. The lowest BCUT2D eigenvalue weighted by Crippen LogP contribution is -2.73. The van der Waals surface area contributed by atoms with Crippen molar-refractivity contribution in [3.63, 3.8) is 0 Å². The topological polar surface area (TPSA) is 18.5 Å². The number of halogens is 8. The highest BCUT2D eigenvalue weighted by molar-refractivity contribution is 5.37. The first-order valence-corrected chi connectivity index (χ1v) is 8.37. The van der Waals surface area contributed by atoms with E-state index in [4.69, 9.17) is 0 Å². The van der Waals surface area contributed by atoms with Crippen LogP contribution in [0.3, 0.4) is 0 Å². The van der Waals surface area contributed by atoms with E-state index in [1.165, 1.54) is 0 Å². The molecule has 0 aromatic carbocycles. The molecule has 0 radical (unpaired) electrons. The number of alkyl halides is 8. The van der Waals surface area contributed by atoms with Crippen LogP contribution in [-0.4, -0.2) is 49.1 Å². The van der Waals surface area contributed by atoms with Gasteiger partial charge < -0.3 is 9.47 Å². The maximum Gasteiger partial charge on any atom is 0.349 e. The van der Waals surface area contributed by atoms with Crippen molar-refractivity contribution in [2.45, 2.75) is 76.4 Å². The van der Waals surface area contributed by atoms with Crippen molar-refractivity contribution in [1.29, 1.82) is 0 Å². The zero-order valence-corrected chi connectivity index (χ0v) is 16.5. The first-order valence-electron chi connectivity index (χ1n) is 8.37. The fourth-order valence-electron chi connectivity index (χ4n) is 3.76. The van der Waals surface area contributed by atoms with Crippen LogP contribution in [0.5, 0.6) is 0 Å². The largest absolute Gasteiger partial charge is 0.349 e. The molecule has 1 rings (SSSR count). The van der Waals surface area contributed by atoms with Crippen LogP contribution < -0.4 is 0 Å². The minimum atomic E-state index is -5.75. The van der Waals surface area contributed by atoms with Crippen LogP contribution in [0.4, 0.5) is 35.1 Å². The monoisotopic (exact) mass is 414 g/mol. The summed E-state index contributed by atoms with van der Waals surface area (Å²) in [6, 6.07) is 0. The van der Waals surface area contributed by atoms with Crippen molar-refractivity contribution < 1.29 is 44.6 Å². The van der Waals surface area contributed by atoms with E-state index in [0.717, 1.165) is 13.8 Å². The fourth-order valence-corrected chi connectivity index (χ4v) is 3.76. The van der Waals surface area contributed by atoms with Crippen molar-refractivity contribution in [3.8, 4) is 0 Å². The van der Waals surface area contributed by atoms with E-state index in [-0.39, 0.29) is 0 Å². The average Bonchev–Trinajstić information content (AvgIpc) is 2.60. The van der Waals surface area contributed by atoms with E-state index in [0.29, 0.717) is 41.9 Å². The van der Waals surface area contributed by atoms with Gasteiger partial charge in [0, 0.05) is 25.6 Å². The predicted octanol–water partition coefficient (Wildman–Crippen LogP) is 5.65. The van der Waals surface area contributed by atoms with Gasteiger partial charge in [-0.25, -0.2) is 17.6 Å². The highest BCUT2D eigenvalue weighted by Gasteiger charge is 3.04. The van der Waals surface area contributed by atoms with Crippen LogP contribution in [0.1, 0.15) is 41.5 Å². The van der Waals surface area contributed by atoms with Gasteiger partial charge in [-0.2, -0.15) is 17.6 Å². The Balaban J connectivity index is 4.25. The fraction of sp³-hybridized carbons (Fsp3) is 1.00. The molecule has 0 aliphatic heterocycles. The van der Waals surface area contributed by atoms with Crippen molar-refractivity contribution in [2.24, 2.45) is 17.3 Å². The van der Waals surface area contributed by atoms with Crippen molar-refractivity contribution in [2.75, 3.05) is 14.2 Å². The quantitative estimate of drug-likeness (QED) is 0.413. The SMILES string of the molecule is COC1(OC)C(F)(F)C(F)(C(C)(C)C(C)C)C(F)(C(F)(F)C(C)C)C1(F)F. The second-order valence-corrected chi connectivity index (χ2v) is 8.14.